The van der Waals surface area contributed by atoms with Crippen LogP contribution in [0.5, 0.6) is 11.6 Å². The van der Waals surface area contributed by atoms with Crippen LogP contribution in [0.1, 0.15) is 31.9 Å². The summed E-state index contributed by atoms with van der Waals surface area (Å²) in [6.45, 7) is 6.44. The number of carbonyl (C=O) groups excluding carboxylic acids is 1. The van der Waals surface area contributed by atoms with E-state index in [9.17, 15) is 4.79 Å². The fourth-order valence-corrected chi connectivity index (χ4v) is 3.02. The molecule has 2 aromatic carbocycles. The minimum absolute atomic E-state index is 0.0926. The Labute approximate surface area is 176 Å². The highest BCUT2D eigenvalue weighted by atomic mass is 16.5. The fourth-order valence-electron chi connectivity index (χ4n) is 3.02. The van der Waals surface area contributed by atoms with Crippen LogP contribution in [-0.4, -0.2) is 22.7 Å². The van der Waals surface area contributed by atoms with Gasteiger partial charge in [0.25, 0.3) is 0 Å². The van der Waals surface area contributed by atoms with Crippen LogP contribution < -0.4 is 15.4 Å². The lowest BCUT2D eigenvalue weighted by Crippen LogP contribution is -2.20. The number of amides is 2. The van der Waals surface area contributed by atoms with E-state index in [4.69, 9.17) is 9.84 Å². The Hall–Kier alpha value is -3.38. The Morgan fingerprint density at radius 2 is 1.73 bits per heavy atom. The molecule has 0 spiro atoms. The van der Waals surface area contributed by atoms with Gasteiger partial charge in [0.05, 0.1) is 0 Å². The molecule has 30 heavy (non-hydrogen) atoms. The summed E-state index contributed by atoms with van der Waals surface area (Å²) in [7, 11) is 0. The van der Waals surface area contributed by atoms with Gasteiger partial charge >= 0.3 is 6.03 Å². The van der Waals surface area contributed by atoms with Gasteiger partial charge in [-0.2, -0.15) is 0 Å². The maximum atomic E-state index is 12.5. The Morgan fingerprint density at radius 3 is 2.43 bits per heavy atom. The maximum absolute atomic E-state index is 12.5. The first-order chi connectivity index (χ1) is 14.4. The van der Waals surface area contributed by atoms with Crippen molar-refractivity contribution >= 4 is 17.4 Å². The number of rotatable bonds is 6. The molecule has 0 aliphatic rings. The number of hydrogen-bond donors (Lipinski definition) is 3. The quantitative estimate of drug-likeness (QED) is 0.516. The molecule has 6 nitrogen and oxygen atoms in total. The molecule has 0 unspecified atom stereocenters. The van der Waals surface area contributed by atoms with Gasteiger partial charge in [0, 0.05) is 24.1 Å². The van der Waals surface area contributed by atoms with Crippen molar-refractivity contribution in [2.75, 3.05) is 17.2 Å². The number of aliphatic hydroxyl groups is 1. The van der Waals surface area contributed by atoms with E-state index in [0.717, 1.165) is 11.1 Å². The van der Waals surface area contributed by atoms with Crippen LogP contribution >= 0.6 is 0 Å². The van der Waals surface area contributed by atoms with Gasteiger partial charge in [0.1, 0.15) is 11.4 Å². The van der Waals surface area contributed by atoms with E-state index in [2.05, 4.69) is 36.4 Å². The smallest absolute Gasteiger partial charge is 0.323 e. The molecule has 0 bridgehead atoms. The van der Waals surface area contributed by atoms with E-state index in [1.807, 2.05) is 36.4 Å². The first-order valence-electron chi connectivity index (χ1n) is 9.87. The van der Waals surface area contributed by atoms with E-state index >= 15 is 0 Å². The molecule has 1 aromatic heterocycles. The van der Waals surface area contributed by atoms with Crippen molar-refractivity contribution in [1.29, 1.82) is 0 Å². The van der Waals surface area contributed by atoms with E-state index in [1.165, 1.54) is 0 Å². The highest BCUT2D eigenvalue weighted by Gasteiger charge is 2.20. The number of aliphatic hydroxyl groups excluding tert-OH is 1. The van der Waals surface area contributed by atoms with Gasteiger partial charge in [-0.1, -0.05) is 51.1 Å². The molecule has 1 heterocycles. The summed E-state index contributed by atoms with van der Waals surface area (Å²) < 4.78 is 6.08. The summed E-state index contributed by atoms with van der Waals surface area (Å²) in [6.07, 6.45) is 2.21. The van der Waals surface area contributed by atoms with Gasteiger partial charge in [-0.05, 0) is 47.7 Å². The van der Waals surface area contributed by atoms with Crippen LogP contribution in [0.2, 0.25) is 0 Å². The second-order valence-corrected chi connectivity index (χ2v) is 7.95. The zero-order valence-corrected chi connectivity index (χ0v) is 17.5. The van der Waals surface area contributed by atoms with Gasteiger partial charge in [0.15, 0.2) is 0 Å². The second kappa shape index (κ2) is 9.41. The zero-order chi connectivity index (χ0) is 21.6. The molecule has 0 aliphatic carbocycles. The largest absolute Gasteiger partial charge is 0.437 e. The maximum Gasteiger partial charge on any atom is 0.323 e. The molecule has 0 aliphatic heterocycles. The molecule has 0 saturated carbocycles. The normalized spacial score (nSPS) is 11.1. The van der Waals surface area contributed by atoms with Gasteiger partial charge < -0.3 is 20.5 Å². The minimum atomic E-state index is -0.396. The SMILES string of the molecule is CC(C)(C)c1ccccc1Oc1ncccc1NC(=O)Nc1ccc(CCO)cc1. The molecular weight excluding hydrogens is 378 g/mol. The first-order valence-corrected chi connectivity index (χ1v) is 9.87. The summed E-state index contributed by atoms with van der Waals surface area (Å²) in [5, 5.41) is 14.6. The lowest BCUT2D eigenvalue weighted by molar-refractivity contribution is 0.262. The Kier molecular flexibility index (Phi) is 6.69. The summed E-state index contributed by atoms with van der Waals surface area (Å²) in [6, 6.07) is 18.2. The predicted molar refractivity (Wildman–Crippen MR) is 119 cm³/mol. The molecule has 2 amide bonds. The van der Waals surface area contributed by atoms with Crippen molar-refractivity contribution in [3.05, 3.63) is 78.0 Å². The molecule has 3 rings (SSSR count). The summed E-state index contributed by atoms with van der Waals surface area (Å²) in [5.74, 6) is 1.02. The fraction of sp³-hybridized carbons (Fsp3) is 0.250. The monoisotopic (exact) mass is 405 g/mol. The van der Waals surface area contributed by atoms with Gasteiger partial charge in [0.2, 0.25) is 5.88 Å². The number of urea groups is 1. The number of anilines is 2. The molecular formula is C24H27N3O3. The van der Waals surface area contributed by atoms with Crippen LogP contribution in [0.3, 0.4) is 0 Å². The number of pyridine rings is 1. The van der Waals surface area contributed by atoms with Crippen molar-refractivity contribution in [3.63, 3.8) is 0 Å². The van der Waals surface area contributed by atoms with Gasteiger partial charge in [-0.3, -0.25) is 0 Å². The first kappa shape index (κ1) is 21.3. The van der Waals surface area contributed by atoms with Gasteiger partial charge in [-0.15, -0.1) is 0 Å². The zero-order valence-electron chi connectivity index (χ0n) is 17.5. The number of benzene rings is 2. The number of nitrogens with zero attached hydrogens (tertiary/aromatic N) is 1. The van der Waals surface area contributed by atoms with Crippen LogP contribution in [0.25, 0.3) is 0 Å². The van der Waals surface area contributed by atoms with Crippen LogP contribution in [-0.2, 0) is 11.8 Å². The number of hydrogen-bond acceptors (Lipinski definition) is 4. The summed E-state index contributed by atoms with van der Waals surface area (Å²) >= 11 is 0. The lowest BCUT2D eigenvalue weighted by Gasteiger charge is -2.22. The molecule has 0 fully saturated rings. The molecule has 0 atom stereocenters. The third kappa shape index (κ3) is 5.58. The van der Waals surface area contributed by atoms with E-state index < -0.39 is 6.03 Å². The minimum Gasteiger partial charge on any atom is -0.437 e. The lowest BCUT2D eigenvalue weighted by atomic mass is 9.86. The molecule has 0 radical (unpaired) electrons. The third-order valence-corrected chi connectivity index (χ3v) is 4.53. The van der Waals surface area contributed by atoms with Crippen LogP contribution in [0.4, 0.5) is 16.2 Å². The number of aromatic nitrogens is 1. The van der Waals surface area contributed by atoms with E-state index in [0.29, 0.717) is 29.4 Å². The predicted octanol–water partition coefficient (Wildman–Crippen LogP) is 5.35. The number of nitrogens with one attached hydrogen (secondary N) is 2. The van der Waals surface area contributed by atoms with Crippen LogP contribution in [0.15, 0.2) is 66.9 Å². The molecule has 6 heteroatoms. The highest BCUT2D eigenvalue weighted by Crippen LogP contribution is 2.35. The third-order valence-electron chi connectivity index (χ3n) is 4.53. The number of ether oxygens (including phenoxy) is 1. The Morgan fingerprint density at radius 1 is 1.00 bits per heavy atom. The van der Waals surface area contributed by atoms with Crippen molar-refractivity contribution < 1.29 is 14.6 Å². The van der Waals surface area contributed by atoms with Crippen molar-refractivity contribution in [2.45, 2.75) is 32.6 Å². The van der Waals surface area contributed by atoms with Crippen LogP contribution in [0, 0.1) is 0 Å². The molecule has 3 N–H and O–H groups in total. The summed E-state index contributed by atoms with van der Waals surface area (Å²) in [4.78, 5) is 16.8. The van der Waals surface area contributed by atoms with Crippen molar-refractivity contribution in [3.8, 4) is 11.6 Å². The van der Waals surface area contributed by atoms with E-state index in [1.54, 1.807) is 30.5 Å². The second-order valence-electron chi connectivity index (χ2n) is 7.95. The number of para-hydroxylation sites is 1. The average molecular weight is 405 g/mol. The van der Waals surface area contributed by atoms with E-state index in [-0.39, 0.29) is 12.0 Å². The van der Waals surface area contributed by atoms with Crippen molar-refractivity contribution in [2.24, 2.45) is 0 Å². The van der Waals surface area contributed by atoms with Gasteiger partial charge in [-0.25, -0.2) is 9.78 Å². The molecule has 156 valence electrons. The Balaban J connectivity index is 1.74. The number of carbonyl (C=O) groups is 1. The topological polar surface area (TPSA) is 83.5 Å². The molecule has 0 saturated heterocycles. The Bertz CT molecular complexity index is 995. The highest BCUT2D eigenvalue weighted by molar-refractivity contribution is 6.00. The standard InChI is InChI=1S/C24H27N3O3/c1-24(2,3)19-7-4-5-9-21(19)30-22-20(8-6-15-25-22)27-23(29)26-18-12-10-17(11-13-18)14-16-28/h4-13,15,28H,14,16H2,1-3H3,(H2,26,27,29). The summed E-state index contributed by atoms with van der Waals surface area (Å²) in [5.41, 5.74) is 3.07. The van der Waals surface area contributed by atoms with Crippen molar-refractivity contribution in [1.82, 2.24) is 4.98 Å². The molecule has 3 aromatic rings. The average Bonchev–Trinajstić information content (AvgIpc) is 2.71.